The lowest BCUT2D eigenvalue weighted by atomic mass is 10.1. The molecule has 0 aromatic heterocycles. The van der Waals surface area contributed by atoms with Crippen LogP contribution >= 0.6 is 23.4 Å². The predicted molar refractivity (Wildman–Crippen MR) is 107 cm³/mol. The number of rotatable bonds is 6. The summed E-state index contributed by atoms with van der Waals surface area (Å²) in [4.78, 5) is 11.8. The Morgan fingerprint density at radius 3 is 2.58 bits per heavy atom. The van der Waals surface area contributed by atoms with Crippen LogP contribution in [0.25, 0.3) is 0 Å². The molecule has 26 heavy (non-hydrogen) atoms. The number of nitrogens with zero attached hydrogens (tertiary/aromatic N) is 2. The number of amides is 1. The summed E-state index contributed by atoms with van der Waals surface area (Å²) in [6.07, 6.45) is 0.750. The van der Waals surface area contributed by atoms with E-state index in [1.807, 2.05) is 49.4 Å². The fraction of sp³-hybridized carbons (Fsp3) is 0.211. The van der Waals surface area contributed by atoms with E-state index >= 15 is 0 Å². The van der Waals surface area contributed by atoms with Crippen LogP contribution in [0.2, 0.25) is 5.02 Å². The molecule has 1 aliphatic heterocycles. The zero-order valence-corrected chi connectivity index (χ0v) is 15.8. The van der Waals surface area contributed by atoms with Crippen molar-refractivity contribution in [3.8, 4) is 5.75 Å². The fourth-order valence-electron chi connectivity index (χ4n) is 2.31. The second kappa shape index (κ2) is 8.87. The third-order valence-electron chi connectivity index (χ3n) is 3.70. The smallest absolute Gasteiger partial charge is 0.239 e. The van der Waals surface area contributed by atoms with Gasteiger partial charge in [0.15, 0.2) is 5.17 Å². The van der Waals surface area contributed by atoms with E-state index in [-0.39, 0.29) is 17.8 Å². The molecular formula is C19H18ClN3O2S. The highest BCUT2D eigenvalue weighted by Gasteiger charge is 2.28. The van der Waals surface area contributed by atoms with Crippen LogP contribution in [0.4, 0.5) is 0 Å². The Morgan fingerprint density at radius 1 is 1.19 bits per heavy atom. The number of halogens is 1. The number of hydrogen-bond donors (Lipinski definition) is 1. The van der Waals surface area contributed by atoms with Crippen molar-refractivity contribution in [2.24, 2.45) is 10.2 Å². The lowest BCUT2D eigenvalue weighted by Gasteiger charge is -2.08. The van der Waals surface area contributed by atoms with Gasteiger partial charge in [-0.3, -0.25) is 4.79 Å². The molecule has 5 nitrogen and oxygen atoms in total. The lowest BCUT2D eigenvalue weighted by Crippen LogP contribution is -2.24. The van der Waals surface area contributed by atoms with Gasteiger partial charge in [0.2, 0.25) is 5.91 Å². The summed E-state index contributed by atoms with van der Waals surface area (Å²) in [7, 11) is 0. The molecule has 0 aliphatic carbocycles. The minimum absolute atomic E-state index is 0.0278. The SMILES string of the molecule is CCC1S/C(=N\N=C(/COc2ccccc2)c2ccc(Cl)cc2)NC1=O. The molecule has 1 saturated heterocycles. The molecule has 1 atom stereocenters. The van der Waals surface area contributed by atoms with Gasteiger partial charge in [0, 0.05) is 10.6 Å². The molecule has 0 bridgehead atoms. The van der Waals surface area contributed by atoms with Gasteiger partial charge in [-0.2, -0.15) is 0 Å². The number of thioether (sulfide) groups is 1. The third kappa shape index (κ3) is 4.86. The van der Waals surface area contributed by atoms with E-state index in [0.29, 0.717) is 15.9 Å². The zero-order chi connectivity index (χ0) is 18.4. The Labute approximate surface area is 161 Å². The van der Waals surface area contributed by atoms with Gasteiger partial charge in [-0.15, -0.1) is 10.2 Å². The van der Waals surface area contributed by atoms with Crippen molar-refractivity contribution in [2.75, 3.05) is 6.61 Å². The highest BCUT2D eigenvalue weighted by Crippen LogP contribution is 2.22. The van der Waals surface area contributed by atoms with Crippen LogP contribution < -0.4 is 10.1 Å². The topological polar surface area (TPSA) is 63.1 Å². The molecule has 2 aromatic carbocycles. The third-order valence-corrected chi connectivity index (χ3v) is 5.20. The molecule has 0 saturated carbocycles. The normalized spacial score (nSPS) is 18.8. The molecule has 134 valence electrons. The molecule has 1 N–H and O–H groups in total. The summed E-state index contributed by atoms with van der Waals surface area (Å²) in [6.45, 7) is 2.22. The summed E-state index contributed by atoms with van der Waals surface area (Å²) in [5.74, 6) is 0.719. The maximum Gasteiger partial charge on any atom is 0.239 e. The second-order valence-electron chi connectivity index (χ2n) is 5.56. The minimum atomic E-state index is -0.108. The molecule has 2 aromatic rings. The fourth-order valence-corrected chi connectivity index (χ4v) is 3.28. The molecule has 1 heterocycles. The molecule has 1 fully saturated rings. The first kappa shape index (κ1) is 18.5. The molecule has 1 aliphatic rings. The van der Waals surface area contributed by atoms with E-state index in [4.69, 9.17) is 16.3 Å². The first-order chi connectivity index (χ1) is 12.7. The van der Waals surface area contributed by atoms with Crippen LogP contribution in [0.5, 0.6) is 5.75 Å². The Balaban J connectivity index is 1.80. The summed E-state index contributed by atoms with van der Waals surface area (Å²) >= 11 is 7.36. The van der Waals surface area contributed by atoms with E-state index in [0.717, 1.165) is 17.7 Å². The Hall–Kier alpha value is -2.31. The van der Waals surface area contributed by atoms with Crippen LogP contribution in [0.15, 0.2) is 64.8 Å². The average molecular weight is 388 g/mol. The van der Waals surface area contributed by atoms with E-state index in [9.17, 15) is 4.79 Å². The molecule has 1 unspecified atom stereocenters. The van der Waals surface area contributed by atoms with Crippen molar-refractivity contribution < 1.29 is 9.53 Å². The van der Waals surface area contributed by atoms with Crippen molar-refractivity contribution in [3.05, 3.63) is 65.2 Å². The maximum atomic E-state index is 11.8. The van der Waals surface area contributed by atoms with Gasteiger partial charge >= 0.3 is 0 Å². The zero-order valence-electron chi connectivity index (χ0n) is 14.2. The molecule has 3 rings (SSSR count). The number of para-hydroxylation sites is 1. The molecule has 1 amide bonds. The highest BCUT2D eigenvalue weighted by atomic mass is 35.5. The monoisotopic (exact) mass is 387 g/mol. The van der Waals surface area contributed by atoms with E-state index in [2.05, 4.69) is 15.5 Å². The predicted octanol–water partition coefficient (Wildman–Crippen LogP) is 4.12. The van der Waals surface area contributed by atoms with Gasteiger partial charge in [0.05, 0.1) is 5.25 Å². The van der Waals surface area contributed by atoms with E-state index < -0.39 is 0 Å². The number of hydrogen-bond acceptors (Lipinski definition) is 5. The van der Waals surface area contributed by atoms with Gasteiger partial charge in [-0.25, -0.2) is 0 Å². The van der Waals surface area contributed by atoms with Crippen molar-refractivity contribution in [1.29, 1.82) is 0 Å². The van der Waals surface area contributed by atoms with Crippen LogP contribution in [0.3, 0.4) is 0 Å². The second-order valence-corrected chi connectivity index (χ2v) is 7.19. The summed E-state index contributed by atoms with van der Waals surface area (Å²) in [5.41, 5.74) is 1.50. The first-order valence-corrected chi connectivity index (χ1v) is 9.47. The number of carbonyl (C=O) groups excluding carboxylic acids is 1. The maximum absolute atomic E-state index is 11.8. The molecule has 7 heteroatoms. The molecular weight excluding hydrogens is 370 g/mol. The van der Waals surface area contributed by atoms with Crippen LogP contribution in [-0.2, 0) is 4.79 Å². The lowest BCUT2D eigenvalue weighted by molar-refractivity contribution is -0.118. The van der Waals surface area contributed by atoms with Crippen molar-refractivity contribution >= 4 is 40.1 Å². The van der Waals surface area contributed by atoms with Gasteiger partial charge < -0.3 is 10.1 Å². The number of nitrogens with one attached hydrogen (secondary N) is 1. The van der Waals surface area contributed by atoms with Gasteiger partial charge in [-0.1, -0.05) is 60.6 Å². The summed E-state index contributed by atoms with van der Waals surface area (Å²) < 4.78 is 5.80. The highest BCUT2D eigenvalue weighted by molar-refractivity contribution is 8.15. The Kier molecular flexibility index (Phi) is 6.30. The van der Waals surface area contributed by atoms with Crippen molar-refractivity contribution in [2.45, 2.75) is 18.6 Å². The standard InChI is InChI=1S/C19H18ClN3O2S/c1-2-17-18(24)21-19(26-17)23-22-16(13-8-10-14(20)11-9-13)12-25-15-6-4-3-5-7-15/h3-11,17H,2,12H2,1H3,(H,21,23,24)/b22-16+. The number of benzene rings is 2. The average Bonchev–Trinajstić information content (AvgIpc) is 3.03. The Bertz CT molecular complexity index is 822. The van der Waals surface area contributed by atoms with Gasteiger partial charge in [0.1, 0.15) is 18.1 Å². The number of amidine groups is 1. The van der Waals surface area contributed by atoms with Crippen LogP contribution in [0, 0.1) is 0 Å². The van der Waals surface area contributed by atoms with Crippen molar-refractivity contribution in [3.63, 3.8) is 0 Å². The Morgan fingerprint density at radius 2 is 1.92 bits per heavy atom. The van der Waals surface area contributed by atoms with Gasteiger partial charge in [-0.05, 0) is 30.7 Å². The quantitative estimate of drug-likeness (QED) is 0.599. The largest absolute Gasteiger partial charge is 0.487 e. The summed E-state index contributed by atoms with van der Waals surface area (Å²) in [6, 6.07) is 16.8. The summed E-state index contributed by atoms with van der Waals surface area (Å²) in [5, 5.41) is 12.3. The van der Waals surface area contributed by atoms with Crippen LogP contribution in [0.1, 0.15) is 18.9 Å². The minimum Gasteiger partial charge on any atom is -0.487 e. The van der Waals surface area contributed by atoms with E-state index in [1.54, 1.807) is 12.1 Å². The van der Waals surface area contributed by atoms with E-state index in [1.165, 1.54) is 11.8 Å². The molecule has 0 spiro atoms. The van der Waals surface area contributed by atoms with Gasteiger partial charge in [0.25, 0.3) is 0 Å². The first-order valence-electron chi connectivity index (χ1n) is 8.21. The molecule has 0 radical (unpaired) electrons. The number of ether oxygens (including phenoxy) is 1. The van der Waals surface area contributed by atoms with Crippen LogP contribution in [-0.4, -0.2) is 28.6 Å². The van der Waals surface area contributed by atoms with Crippen molar-refractivity contribution in [1.82, 2.24) is 5.32 Å². The number of carbonyl (C=O) groups is 1.